The lowest BCUT2D eigenvalue weighted by atomic mass is 10.0. The molecule has 2 amide bonds. The van der Waals surface area contributed by atoms with E-state index in [4.69, 9.17) is 0 Å². The third-order valence-corrected chi connectivity index (χ3v) is 4.13. The van der Waals surface area contributed by atoms with Gasteiger partial charge in [-0.05, 0) is 11.4 Å². The standard InChI is InChI=1S/C13H14N4O2S/c18-12-10(4-8-6-14-7-15-8)16-13(19)11(17-12)5-9-2-1-3-20-9/h1-3,6-7,10-11H,4-5H2,(H,14,15)(H,16,19)(H,17,18)/t10-,11+/m0/s1. The number of thiophene rings is 1. The largest absolute Gasteiger partial charge is 0.348 e. The maximum atomic E-state index is 12.1. The maximum Gasteiger partial charge on any atom is 0.243 e. The molecule has 0 aromatic carbocycles. The van der Waals surface area contributed by atoms with E-state index in [-0.39, 0.29) is 11.8 Å². The molecular formula is C13H14N4O2S. The highest BCUT2D eigenvalue weighted by molar-refractivity contribution is 7.09. The molecule has 20 heavy (non-hydrogen) atoms. The summed E-state index contributed by atoms with van der Waals surface area (Å²) in [6, 6.07) is 2.87. The Bertz CT molecular complexity index is 540. The molecule has 2 aromatic heterocycles. The Kier molecular flexibility index (Phi) is 3.51. The highest BCUT2D eigenvalue weighted by Gasteiger charge is 2.33. The van der Waals surface area contributed by atoms with Crippen molar-refractivity contribution in [2.75, 3.05) is 0 Å². The van der Waals surface area contributed by atoms with E-state index in [9.17, 15) is 9.59 Å². The van der Waals surface area contributed by atoms with E-state index in [0.717, 1.165) is 10.6 Å². The topological polar surface area (TPSA) is 86.9 Å². The SMILES string of the molecule is O=C1N[C@H](Cc2cccs2)C(=O)N[C@H]1Cc1cnc[nH]1. The molecule has 104 valence electrons. The van der Waals surface area contributed by atoms with E-state index in [1.165, 1.54) is 0 Å². The van der Waals surface area contributed by atoms with Gasteiger partial charge in [0.2, 0.25) is 11.8 Å². The molecule has 1 saturated heterocycles. The highest BCUT2D eigenvalue weighted by atomic mass is 32.1. The molecule has 0 aliphatic carbocycles. The van der Waals surface area contributed by atoms with Gasteiger partial charge < -0.3 is 15.6 Å². The summed E-state index contributed by atoms with van der Waals surface area (Å²) < 4.78 is 0. The Morgan fingerprint density at radius 1 is 1.15 bits per heavy atom. The summed E-state index contributed by atoms with van der Waals surface area (Å²) in [7, 11) is 0. The number of piperazine rings is 1. The van der Waals surface area contributed by atoms with Crippen LogP contribution in [0.5, 0.6) is 0 Å². The number of nitrogens with zero attached hydrogens (tertiary/aromatic N) is 1. The number of carbonyl (C=O) groups excluding carboxylic acids is 2. The number of nitrogens with one attached hydrogen (secondary N) is 3. The van der Waals surface area contributed by atoms with E-state index in [2.05, 4.69) is 20.6 Å². The van der Waals surface area contributed by atoms with E-state index < -0.39 is 12.1 Å². The van der Waals surface area contributed by atoms with E-state index in [1.54, 1.807) is 23.9 Å². The normalized spacial score (nSPS) is 22.4. The molecule has 0 unspecified atom stereocenters. The molecule has 7 heteroatoms. The second-order valence-corrected chi connectivity index (χ2v) is 5.72. The van der Waals surface area contributed by atoms with Crippen molar-refractivity contribution in [2.45, 2.75) is 24.9 Å². The first-order valence-electron chi connectivity index (χ1n) is 6.33. The lowest BCUT2D eigenvalue weighted by Crippen LogP contribution is -2.62. The molecule has 0 radical (unpaired) electrons. The van der Waals surface area contributed by atoms with Crippen LogP contribution in [0.25, 0.3) is 0 Å². The van der Waals surface area contributed by atoms with Gasteiger partial charge in [0.05, 0.1) is 6.33 Å². The summed E-state index contributed by atoms with van der Waals surface area (Å²) in [4.78, 5) is 32.0. The summed E-state index contributed by atoms with van der Waals surface area (Å²) in [6.07, 6.45) is 4.16. The van der Waals surface area contributed by atoms with Crippen LogP contribution < -0.4 is 10.6 Å². The van der Waals surface area contributed by atoms with Crippen LogP contribution in [0.3, 0.4) is 0 Å². The smallest absolute Gasteiger partial charge is 0.243 e. The van der Waals surface area contributed by atoms with Crippen LogP contribution in [0.2, 0.25) is 0 Å². The maximum absolute atomic E-state index is 12.1. The fraction of sp³-hybridized carbons (Fsp3) is 0.308. The quantitative estimate of drug-likeness (QED) is 0.754. The second-order valence-electron chi connectivity index (χ2n) is 4.69. The first-order chi connectivity index (χ1) is 9.72. The molecule has 3 heterocycles. The number of H-pyrrole nitrogens is 1. The first-order valence-corrected chi connectivity index (χ1v) is 7.21. The summed E-state index contributed by atoms with van der Waals surface area (Å²) in [5.41, 5.74) is 0.821. The van der Waals surface area contributed by atoms with Crippen LogP contribution >= 0.6 is 11.3 Å². The van der Waals surface area contributed by atoms with Gasteiger partial charge in [-0.2, -0.15) is 0 Å². The number of hydrogen-bond donors (Lipinski definition) is 3. The number of amides is 2. The first kappa shape index (κ1) is 12.9. The molecule has 3 N–H and O–H groups in total. The van der Waals surface area contributed by atoms with Crippen LogP contribution in [0.15, 0.2) is 30.0 Å². The zero-order chi connectivity index (χ0) is 13.9. The number of aromatic amines is 1. The summed E-state index contributed by atoms with van der Waals surface area (Å²) in [6.45, 7) is 0. The van der Waals surface area contributed by atoms with Crippen molar-refractivity contribution < 1.29 is 9.59 Å². The average molecular weight is 290 g/mol. The van der Waals surface area contributed by atoms with Gasteiger partial charge in [0, 0.05) is 29.6 Å². The molecule has 1 fully saturated rings. The molecule has 2 atom stereocenters. The predicted octanol–water partition coefficient (Wildman–Crippen LogP) is 0.240. The lowest BCUT2D eigenvalue weighted by Gasteiger charge is -2.29. The van der Waals surface area contributed by atoms with E-state index in [1.807, 2.05) is 17.5 Å². The van der Waals surface area contributed by atoms with Crippen LogP contribution in [-0.4, -0.2) is 33.9 Å². The van der Waals surface area contributed by atoms with Crippen molar-refractivity contribution in [3.8, 4) is 0 Å². The van der Waals surface area contributed by atoms with Crippen molar-refractivity contribution >= 4 is 23.2 Å². The Labute approximate surface area is 119 Å². The van der Waals surface area contributed by atoms with Crippen LogP contribution in [-0.2, 0) is 22.4 Å². The number of carbonyl (C=O) groups is 2. The van der Waals surface area contributed by atoms with Crippen LogP contribution in [0.4, 0.5) is 0 Å². The molecule has 0 saturated carbocycles. The molecule has 6 nitrogen and oxygen atoms in total. The minimum atomic E-state index is -0.539. The van der Waals surface area contributed by atoms with Gasteiger partial charge in [0.1, 0.15) is 12.1 Å². The van der Waals surface area contributed by atoms with Crippen molar-refractivity contribution in [2.24, 2.45) is 0 Å². The highest BCUT2D eigenvalue weighted by Crippen LogP contribution is 2.13. The molecule has 3 rings (SSSR count). The Balaban J connectivity index is 1.64. The summed E-state index contributed by atoms with van der Waals surface area (Å²) >= 11 is 1.58. The number of rotatable bonds is 4. The Morgan fingerprint density at radius 3 is 2.50 bits per heavy atom. The number of aromatic nitrogens is 2. The number of hydrogen-bond acceptors (Lipinski definition) is 4. The van der Waals surface area contributed by atoms with Crippen molar-refractivity contribution in [3.63, 3.8) is 0 Å². The van der Waals surface area contributed by atoms with Gasteiger partial charge in [-0.15, -0.1) is 11.3 Å². The number of imidazole rings is 1. The fourth-order valence-electron chi connectivity index (χ4n) is 2.21. The molecule has 2 aromatic rings. The van der Waals surface area contributed by atoms with Gasteiger partial charge >= 0.3 is 0 Å². The van der Waals surface area contributed by atoms with Crippen molar-refractivity contribution in [1.82, 2.24) is 20.6 Å². The van der Waals surface area contributed by atoms with Crippen molar-refractivity contribution in [3.05, 3.63) is 40.6 Å². The van der Waals surface area contributed by atoms with Crippen LogP contribution in [0.1, 0.15) is 10.6 Å². The van der Waals surface area contributed by atoms with E-state index >= 15 is 0 Å². The van der Waals surface area contributed by atoms with Gasteiger partial charge in [-0.25, -0.2) is 4.98 Å². The minimum Gasteiger partial charge on any atom is -0.348 e. The van der Waals surface area contributed by atoms with Crippen molar-refractivity contribution in [1.29, 1.82) is 0 Å². The zero-order valence-electron chi connectivity index (χ0n) is 10.6. The van der Waals surface area contributed by atoms with Gasteiger partial charge in [0.25, 0.3) is 0 Å². The minimum absolute atomic E-state index is 0.137. The van der Waals surface area contributed by atoms with Gasteiger partial charge in [-0.1, -0.05) is 6.07 Å². The van der Waals surface area contributed by atoms with Gasteiger partial charge in [0.15, 0.2) is 0 Å². The zero-order valence-corrected chi connectivity index (χ0v) is 11.4. The van der Waals surface area contributed by atoms with Gasteiger partial charge in [-0.3, -0.25) is 9.59 Å². The van der Waals surface area contributed by atoms with E-state index in [0.29, 0.717) is 12.8 Å². The monoisotopic (exact) mass is 290 g/mol. The molecular weight excluding hydrogens is 276 g/mol. The average Bonchev–Trinajstić information content (AvgIpc) is 3.08. The Morgan fingerprint density at radius 2 is 1.90 bits per heavy atom. The van der Waals surface area contributed by atoms with Crippen LogP contribution in [0, 0.1) is 0 Å². The third kappa shape index (κ3) is 2.72. The molecule has 0 spiro atoms. The summed E-state index contributed by atoms with van der Waals surface area (Å²) in [5, 5.41) is 7.52. The Hall–Kier alpha value is -2.15. The molecule has 1 aliphatic rings. The molecule has 1 aliphatic heterocycles. The third-order valence-electron chi connectivity index (χ3n) is 3.23. The fourth-order valence-corrected chi connectivity index (χ4v) is 2.96. The molecule has 0 bridgehead atoms. The second kappa shape index (κ2) is 5.46. The summed E-state index contributed by atoms with van der Waals surface area (Å²) in [5.74, 6) is -0.289. The predicted molar refractivity (Wildman–Crippen MR) is 74.2 cm³/mol. The lowest BCUT2D eigenvalue weighted by molar-refractivity contribution is -0.136.